The van der Waals surface area contributed by atoms with Crippen LogP contribution in [0.1, 0.15) is 79.1 Å². The maximum atomic E-state index is 14.4. The largest absolute Gasteiger partial charge is 0.354 e. The molecule has 2 aromatic carbocycles. The van der Waals surface area contributed by atoms with Gasteiger partial charge in [-0.3, -0.25) is 9.69 Å². The van der Waals surface area contributed by atoms with E-state index < -0.39 is 6.04 Å². The van der Waals surface area contributed by atoms with Crippen LogP contribution in [-0.4, -0.2) is 103 Å². The Labute approximate surface area is 277 Å². The van der Waals surface area contributed by atoms with Crippen LogP contribution in [0.2, 0.25) is 0 Å². The maximum Gasteiger partial charge on any atom is 0.329 e. The van der Waals surface area contributed by atoms with Gasteiger partial charge in [0.05, 0.1) is 17.9 Å². The van der Waals surface area contributed by atoms with E-state index in [-0.39, 0.29) is 31.1 Å². The molecule has 0 bridgehead atoms. The van der Waals surface area contributed by atoms with Gasteiger partial charge in [0.2, 0.25) is 5.91 Å². The number of hydrogen-bond donors (Lipinski definition) is 1. The molecule has 0 saturated carbocycles. The quantitative estimate of drug-likeness (QED) is 0.180. The third kappa shape index (κ3) is 11.0. The summed E-state index contributed by atoms with van der Waals surface area (Å²) < 4.78 is 0. The molecule has 1 fully saturated rings. The summed E-state index contributed by atoms with van der Waals surface area (Å²) in [5.41, 5.74) is 1.46. The predicted octanol–water partition coefficient (Wildman–Crippen LogP) is 6.97. The zero-order chi connectivity index (χ0) is 33.1. The predicted molar refractivity (Wildman–Crippen MR) is 189 cm³/mol. The van der Waals surface area contributed by atoms with Gasteiger partial charge in [0.15, 0.2) is 0 Å². The molecular weight excluding hydrogens is 576 g/mol. The molecule has 0 aromatic heterocycles. The first-order valence-corrected chi connectivity index (χ1v) is 17.7. The Bertz CT molecular complexity index is 1110. The van der Waals surface area contributed by atoms with Gasteiger partial charge in [0.25, 0.3) is 0 Å². The van der Waals surface area contributed by atoms with E-state index in [0.29, 0.717) is 26.2 Å². The number of carbonyl (C=O) groups is 3. The highest BCUT2D eigenvalue weighted by Gasteiger charge is 2.40. The second kappa shape index (κ2) is 20.5. The molecule has 1 N–H and O–H groups in total. The lowest BCUT2D eigenvalue weighted by Crippen LogP contribution is -2.64. The molecule has 1 heterocycles. The fourth-order valence-electron chi connectivity index (χ4n) is 6.00. The maximum absolute atomic E-state index is 14.4. The highest BCUT2D eigenvalue weighted by atomic mass is 16.2. The van der Waals surface area contributed by atoms with Crippen LogP contribution in [0.5, 0.6) is 0 Å². The minimum Gasteiger partial charge on any atom is -0.354 e. The lowest BCUT2D eigenvalue weighted by Gasteiger charge is -2.43. The SMILES string of the molecule is CCCCCN(CCCCC)C(=O)N1CCN(C(=O)N(c2ccccc2)c2ccccc2)[C@H](C(=O)NCCCCN(CC)CC)C1. The van der Waals surface area contributed by atoms with Gasteiger partial charge in [0, 0.05) is 32.7 Å². The molecule has 0 aliphatic carbocycles. The minimum atomic E-state index is -0.795. The van der Waals surface area contributed by atoms with Crippen LogP contribution in [0.25, 0.3) is 0 Å². The van der Waals surface area contributed by atoms with E-state index in [1.807, 2.05) is 65.6 Å². The second-order valence-corrected chi connectivity index (χ2v) is 12.2. The Balaban J connectivity index is 1.83. The van der Waals surface area contributed by atoms with Gasteiger partial charge in [-0.25, -0.2) is 9.59 Å². The number of rotatable bonds is 18. The number of amides is 5. The Morgan fingerprint density at radius 2 is 1.24 bits per heavy atom. The molecule has 1 atom stereocenters. The van der Waals surface area contributed by atoms with E-state index in [9.17, 15) is 14.4 Å². The number of nitrogens with one attached hydrogen (secondary N) is 1. The first kappa shape index (κ1) is 36.9. The molecule has 1 aliphatic heterocycles. The molecule has 46 heavy (non-hydrogen) atoms. The molecular formula is C37H58N6O3. The third-order valence-corrected chi connectivity index (χ3v) is 8.85. The van der Waals surface area contributed by atoms with Crippen LogP contribution >= 0.6 is 0 Å². The molecule has 0 spiro atoms. The molecule has 9 heteroatoms. The average molecular weight is 635 g/mol. The Morgan fingerprint density at radius 1 is 0.696 bits per heavy atom. The molecule has 9 nitrogen and oxygen atoms in total. The van der Waals surface area contributed by atoms with Gasteiger partial charge in [-0.2, -0.15) is 0 Å². The van der Waals surface area contributed by atoms with Crippen molar-refractivity contribution >= 4 is 29.3 Å². The van der Waals surface area contributed by atoms with Crippen LogP contribution in [0.15, 0.2) is 60.7 Å². The summed E-state index contributed by atoms with van der Waals surface area (Å²) in [5, 5.41) is 3.12. The number of anilines is 2. The van der Waals surface area contributed by atoms with Crippen LogP contribution in [0.3, 0.4) is 0 Å². The second-order valence-electron chi connectivity index (χ2n) is 12.2. The van der Waals surface area contributed by atoms with Crippen molar-refractivity contribution in [1.82, 2.24) is 24.9 Å². The standard InChI is InChI=1S/C37H58N6O3/c1-5-9-18-27-40(28-19-10-6-2)36(45)41-29-30-42(34(31-41)35(44)38-25-17-20-26-39(7-3)8-4)37(46)43(32-21-13-11-14-22-32)33-23-15-12-16-24-33/h11-16,21-24,34H,5-10,17-20,25-31H2,1-4H3,(H,38,44)/t34-/m0/s1. The Morgan fingerprint density at radius 3 is 1.76 bits per heavy atom. The molecule has 5 amide bonds. The summed E-state index contributed by atoms with van der Waals surface area (Å²) >= 11 is 0. The Kier molecular flexibility index (Phi) is 16.4. The summed E-state index contributed by atoms with van der Waals surface area (Å²) in [6.07, 6.45) is 8.11. The van der Waals surface area contributed by atoms with Gasteiger partial charge in [-0.15, -0.1) is 0 Å². The van der Waals surface area contributed by atoms with Gasteiger partial charge >= 0.3 is 12.1 Å². The molecule has 0 unspecified atom stereocenters. The molecule has 3 rings (SSSR count). The fourth-order valence-corrected chi connectivity index (χ4v) is 6.00. The van der Waals surface area contributed by atoms with Crippen molar-refractivity contribution in [2.45, 2.75) is 85.1 Å². The van der Waals surface area contributed by atoms with Gasteiger partial charge < -0.3 is 24.9 Å². The van der Waals surface area contributed by atoms with Crippen LogP contribution in [0.4, 0.5) is 21.0 Å². The minimum absolute atomic E-state index is 0.0284. The summed E-state index contributed by atoms with van der Waals surface area (Å²) in [5.74, 6) is -0.210. The van der Waals surface area contributed by atoms with Crippen molar-refractivity contribution in [1.29, 1.82) is 0 Å². The van der Waals surface area contributed by atoms with E-state index in [1.54, 1.807) is 14.7 Å². The fraction of sp³-hybridized carbons (Fsp3) is 0.595. The number of piperazine rings is 1. The smallest absolute Gasteiger partial charge is 0.329 e. The molecule has 254 valence electrons. The van der Waals surface area contributed by atoms with Crippen molar-refractivity contribution in [3.05, 3.63) is 60.7 Å². The zero-order valence-electron chi connectivity index (χ0n) is 28.8. The van der Waals surface area contributed by atoms with E-state index in [4.69, 9.17) is 0 Å². The molecule has 1 aliphatic rings. The van der Waals surface area contributed by atoms with E-state index in [1.165, 1.54) is 0 Å². The van der Waals surface area contributed by atoms with Gasteiger partial charge in [0.1, 0.15) is 6.04 Å². The number of nitrogens with zero attached hydrogens (tertiary/aromatic N) is 5. The summed E-state index contributed by atoms with van der Waals surface area (Å²) in [7, 11) is 0. The average Bonchev–Trinajstić information content (AvgIpc) is 3.09. The van der Waals surface area contributed by atoms with E-state index >= 15 is 0 Å². The number of para-hydroxylation sites is 2. The summed E-state index contributed by atoms with van der Waals surface area (Å²) in [4.78, 5) is 51.7. The number of hydrogen-bond acceptors (Lipinski definition) is 4. The van der Waals surface area contributed by atoms with Crippen LogP contribution < -0.4 is 10.2 Å². The number of urea groups is 2. The zero-order valence-corrected chi connectivity index (χ0v) is 28.8. The summed E-state index contributed by atoms with van der Waals surface area (Å²) in [6.45, 7) is 14.5. The molecule has 1 saturated heterocycles. The Hall–Kier alpha value is -3.59. The van der Waals surface area contributed by atoms with Crippen molar-refractivity contribution in [2.75, 3.05) is 63.8 Å². The summed E-state index contributed by atoms with van der Waals surface area (Å²) in [6, 6.07) is 18.0. The number of benzene rings is 2. The third-order valence-electron chi connectivity index (χ3n) is 8.85. The topological polar surface area (TPSA) is 79.4 Å². The van der Waals surface area contributed by atoms with E-state index in [0.717, 1.165) is 82.4 Å². The number of carbonyl (C=O) groups excluding carboxylic acids is 3. The van der Waals surface area contributed by atoms with Gasteiger partial charge in [-0.1, -0.05) is 89.8 Å². The normalized spacial score (nSPS) is 14.8. The molecule has 0 radical (unpaired) electrons. The monoisotopic (exact) mass is 634 g/mol. The van der Waals surface area contributed by atoms with Crippen molar-refractivity contribution in [3.63, 3.8) is 0 Å². The first-order chi connectivity index (χ1) is 22.4. The highest BCUT2D eigenvalue weighted by molar-refractivity contribution is 6.01. The van der Waals surface area contributed by atoms with Crippen LogP contribution in [-0.2, 0) is 4.79 Å². The lowest BCUT2D eigenvalue weighted by atomic mass is 10.1. The van der Waals surface area contributed by atoms with Crippen molar-refractivity contribution in [3.8, 4) is 0 Å². The van der Waals surface area contributed by atoms with Crippen LogP contribution in [0, 0.1) is 0 Å². The first-order valence-electron chi connectivity index (χ1n) is 17.7. The van der Waals surface area contributed by atoms with Crippen molar-refractivity contribution < 1.29 is 14.4 Å². The van der Waals surface area contributed by atoms with Gasteiger partial charge in [-0.05, 0) is 69.6 Å². The highest BCUT2D eigenvalue weighted by Crippen LogP contribution is 2.28. The lowest BCUT2D eigenvalue weighted by molar-refractivity contribution is -0.127. The molecule has 2 aromatic rings. The van der Waals surface area contributed by atoms with Crippen molar-refractivity contribution in [2.24, 2.45) is 0 Å². The number of unbranched alkanes of at least 4 members (excludes halogenated alkanes) is 5. The van der Waals surface area contributed by atoms with E-state index in [2.05, 4.69) is 37.9 Å².